The number of aromatic nitrogens is 2. The second kappa shape index (κ2) is 5.72. The van der Waals surface area contributed by atoms with Crippen molar-refractivity contribution < 1.29 is 0 Å². The number of fused-ring (bicyclic) bond motifs is 1. The van der Waals surface area contributed by atoms with E-state index in [1.807, 2.05) is 36.4 Å². The van der Waals surface area contributed by atoms with Crippen molar-refractivity contribution in [2.24, 2.45) is 0 Å². The van der Waals surface area contributed by atoms with Gasteiger partial charge in [0.05, 0.1) is 4.88 Å². The monoisotopic (exact) mass is 339 g/mol. The maximum atomic E-state index is 5.98. The normalized spacial score (nSPS) is 11.0. The summed E-state index contributed by atoms with van der Waals surface area (Å²) in [6.07, 6.45) is 2.09. The van der Waals surface area contributed by atoms with Crippen molar-refractivity contribution in [1.82, 2.24) is 9.38 Å². The minimum atomic E-state index is 0.725. The molecule has 0 saturated carbocycles. The third kappa shape index (κ3) is 2.71. The number of rotatable bonds is 3. The molecule has 0 aliphatic heterocycles. The Balaban J connectivity index is 1.89. The van der Waals surface area contributed by atoms with Gasteiger partial charge in [0.15, 0.2) is 0 Å². The van der Waals surface area contributed by atoms with Crippen LogP contribution in [-0.4, -0.2) is 9.38 Å². The van der Waals surface area contributed by atoms with Gasteiger partial charge in [-0.25, -0.2) is 4.98 Å². The molecule has 0 fully saturated rings. The highest BCUT2D eigenvalue weighted by molar-refractivity contribution is 7.13. The fourth-order valence-corrected chi connectivity index (χ4v) is 3.37. The van der Waals surface area contributed by atoms with E-state index in [-0.39, 0.29) is 0 Å². The number of hydrogen-bond acceptors (Lipinski definition) is 3. The Morgan fingerprint density at radius 3 is 2.65 bits per heavy atom. The first-order valence-electron chi connectivity index (χ1n) is 7.26. The quantitative estimate of drug-likeness (QED) is 0.513. The molecule has 0 spiro atoms. The lowest BCUT2D eigenvalue weighted by atomic mass is 10.3. The third-order valence-corrected chi connectivity index (χ3v) is 4.76. The Bertz CT molecular complexity index is 956. The van der Waals surface area contributed by atoms with E-state index in [4.69, 9.17) is 16.6 Å². The highest BCUT2D eigenvalue weighted by Crippen LogP contribution is 2.34. The van der Waals surface area contributed by atoms with Crippen LogP contribution in [0.5, 0.6) is 0 Å². The smallest absolute Gasteiger partial charge is 0.144 e. The van der Waals surface area contributed by atoms with Crippen LogP contribution in [0.4, 0.5) is 11.5 Å². The first-order chi connectivity index (χ1) is 11.2. The second-order valence-corrected chi connectivity index (χ2v) is 6.74. The first kappa shape index (κ1) is 14.3. The number of aryl methyl sites for hydroxylation is 1. The summed E-state index contributed by atoms with van der Waals surface area (Å²) in [5.41, 5.74) is 4.05. The molecule has 5 heteroatoms. The van der Waals surface area contributed by atoms with Crippen molar-refractivity contribution in [1.29, 1.82) is 0 Å². The lowest BCUT2D eigenvalue weighted by molar-refractivity contribution is 1.16. The number of imidazole rings is 1. The van der Waals surface area contributed by atoms with Crippen LogP contribution in [-0.2, 0) is 0 Å². The molecule has 0 aliphatic rings. The molecule has 0 radical (unpaired) electrons. The minimum absolute atomic E-state index is 0.725. The lowest BCUT2D eigenvalue weighted by Gasteiger charge is -2.08. The van der Waals surface area contributed by atoms with Crippen molar-refractivity contribution >= 4 is 40.1 Å². The van der Waals surface area contributed by atoms with Crippen LogP contribution < -0.4 is 5.32 Å². The van der Waals surface area contributed by atoms with Crippen LogP contribution >= 0.6 is 22.9 Å². The summed E-state index contributed by atoms with van der Waals surface area (Å²) in [5.74, 6) is 0.966. The predicted octanol–water partition coefficient (Wildman–Crippen LogP) is 5.77. The van der Waals surface area contributed by atoms with Crippen LogP contribution in [0.15, 0.2) is 60.1 Å². The fourth-order valence-electron chi connectivity index (χ4n) is 2.53. The molecule has 0 unspecified atom stereocenters. The van der Waals surface area contributed by atoms with Crippen LogP contribution in [0.1, 0.15) is 5.56 Å². The van der Waals surface area contributed by atoms with Gasteiger partial charge in [0, 0.05) is 16.9 Å². The molecule has 3 heterocycles. The Hall–Kier alpha value is -2.30. The van der Waals surface area contributed by atoms with Crippen molar-refractivity contribution in [2.45, 2.75) is 6.92 Å². The summed E-state index contributed by atoms with van der Waals surface area (Å²) < 4.78 is 2.10. The Labute approximate surface area is 143 Å². The van der Waals surface area contributed by atoms with Gasteiger partial charge in [-0.2, -0.15) is 0 Å². The van der Waals surface area contributed by atoms with E-state index in [2.05, 4.69) is 40.4 Å². The van der Waals surface area contributed by atoms with Gasteiger partial charge in [0.25, 0.3) is 0 Å². The Kier molecular flexibility index (Phi) is 3.56. The average molecular weight is 340 g/mol. The van der Waals surface area contributed by atoms with Gasteiger partial charge in [0.2, 0.25) is 0 Å². The van der Waals surface area contributed by atoms with E-state index in [1.165, 1.54) is 5.56 Å². The van der Waals surface area contributed by atoms with Gasteiger partial charge in [-0.3, -0.25) is 4.40 Å². The third-order valence-electron chi connectivity index (χ3n) is 3.63. The number of nitrogens with zero attached hydrogens (tertiary/aromatic N) is 2. The SMILES string of the molecule is Cc1ccc2nc(-c3cccs3)c(Nc3ccc(Cl)cc3)n2c1. The molecule has 0 aliphatic carbocycles. The summed E-state index contributed by atoms with van der Waals surface area (Å²) in [4.78, 5) is 5.94. The molecule has 4 aromatic rings. The standard InChI is InChI=1S/C18H14ClN3S/c1-12-4-9-16-21-17(15-3-2-10-23-15)18(22(16)11-12)20-14-7-5-13(19)6-8-14/h2-11,20H,1H3. The molecule has 23 heavy (non-hydrogen) atoms. The largest absolute Gasteiger partial charge is 0.339 e. The molecule has 3 nitrogen and oxygen atoms in total. The second-order valence-electron chi connectivity index (χ2n) is 5.35. The van der Waals surface area contributed by atoms with E-state index in [9.17, 15) is 0 Å². The molecular weight excluding hydrogens is 326 g/mol. The van der Waals surface area contributed by atoms with Crippen molar-refractivity contribution in [3.05, 3.63) is 70.7 Å². The van der Waals surface area contributed by atoms with E-state index in [0.29, 0.717) is 0 Å². The number of nitrogens with one attached hydrogen (secondary N) is 1. The average Bonchev–Trinajstić information content (AvgIpc) is 3.18. The van der Waals surface area contributed by atoms with E-state index in [0.717, 1.165) is 32.7 Å². The summed E-state index contributed by atoms with van der Waals surface area (Å²) in [6.45, 7) is 2.08. The maximum Gasteiger partial charge on any atom is 0.144 e. The summed E-state index contributed by atoms with van der Waals surface area (Å²) in [5, 5.41) is 6.28. The highest BCUT2D eigenvalue weighted by Gasteiger charge is 2.15. The number of halogens is 1. The molecule has 0 atom stereocenters. The molecule has 0 saturated heterocycles. The molecule has 0 amide bonds. The van der Waals surface area contributed by atoms with Crippen LogP contribution in [0, 0.1) is 6.92 Å². The molecule has 114 valence electrons. The van der Waals surface area contributed by atoms with Gasteiger partial charge >= 0.3 is 0 Å². The first-order valence-corrected chi connectivity index (χ1v) is 8.52. The summed E-state index contributed by atoms with van der Waals surface area (Å²) >= 11 is 7.66. The van der Waals surface area contributed by atoms with Gasteiger partial charge in [-0.1, -0.05) is 23.7 Å². The van der Waals surface area contributed by atoms with Gasteiger partial charge in [-0.15, -0.1) is 11.3 Å². The molecule has 3 aromatic heterocycles. The van der Waals surface area contributed by atoms with Crippen molar-refractivity contribution in [3.63, 3.8) is 0 Å². The highest BCUT2D eigenvalue weighted by atomic mass is 35.5. The van der Waals surface area contributed by atoms with Crippen LogP contribution in [0.3, 0.4) is 0 Å². The maximum absolute atomic E-state index is 5.98. The van der Waals surface area contributed by atoms with E-state index >= 15 is 0 Å². The molecule has 1 N–H and O–H groups in total. The summed E-state index contributed by atoms with van der Waals surface area (Å²) in [7, 11) is 0. The van der Waals surface area contributed by atoms with Gasteiger partial charge in [-0.05, 0) is 54.3 Å². The Morgan fingerprint density at radius 2 is 1.91 bits per heavy atom. The zero-order valence-corrected chi connectivity index (χ0v) is 14.0. The number of anilines is 2. The number of thiophene rings is 1. The number of hydrogen-bond donors (Lipinski definition) is 1. The van der Waals surface area contributed by atoms with Crippen molar-refractivity contribution in [3.8, 4) is 10.6 Å². The zero-order valence-electron chi connectivity index (χ0n) is 12.5. The number of pyridine rings is 1. The van der Waals surface area contributed by atoms with Crippen molar-refractivity contribution in [2.75, 3.05) is 5.32 Å². The fraction of sp³-hybridized carbons (Fsp3) is 0.0556. The van der Waals surface area contributed by atoms with E-state index in [1.54, 1.807) is 11.3 Å². The van der Waals surface area contributed by atoms with E-state index < -0.39 is 0 Å². The minimum Gasteiger partial charge on any atom is -0.339 e. The van der Waals surface area contributed by atoms with Gasteiger partial charge < -0.3 is 5.32 Å². The molecule has 4 rings (SSSR count). The zero-order chi connectivity index (χ0) is 15.8. The topological polar surface area (TPSA) is 29.3 Å². The Morgan fingerprint density at radius 1 is 1.09 bits per heavy atom. The lowest BCUT2D eigenvalue weighted by Crippen LogP contribution is -1.97. The van der Waals surface area contributed by atoms with Gasteiger partial charge in [0.1, 0.15) is 17.2 Å². The number of benzene rings is 1. The predicted molar refractivity (Wildman–Crippen MR) is 98.0 cm³/mol. The van der Waals surface area contributed by atoms with Crippen LogP contribution in [0.25, 0.3) is 16.2 Å². The molecule has 1 aromatic carbocycles. The summed E-state index contributed by atoms with van der Waals surface area (Å²) in [6, 6.07) is 15.9. The molecular formula is C18H14ClN3S. The molecule has 0 bridgehead atoms. The van der Waals surface area contributed by atoms with Crippen LogP contribution in [0.2, 0.25) is 5.02 Å².